The molecule has 0 aliphatic carbocycles. The van der Waals surface area contributed by atoms with Gasteiger partial charge < -0.3 is 19.8 Å². The van der Waals surface area contributed by atoms with Gasteiger partial charge >= 0.3 is 6.03 Å². The van der Waals surface area contributed by atoms with Crippen molar-refractivity contribution < 1.29 is 19.1 Å². The lowest BCUT2D eigenvalue weighted by Crippen LogP contribution is -2.45. The van der Waals surface area contributed by atoms with E-state index in [2.05, 4.69) is 15.3 Å². The van der Waals surface area contributed by atoms with E-state index in [-0.39, 0.29) is 11.9 Å². The van der Waals surface area contributed by atoms with Gasteiger partial charge in [-0.3, -0.25) is 14.6 Å². The number of H-pyrrole nitrogens is 1. The molecule has 9 heteroatoms. The van der Waals surface area contributed by atoms with Crippen molar-refractivity contribution in [2.24, 2.45) is 0 Å². The predicted octanol–water partition coefficient (Wildman–Crippen LogP) is 2.52. The van der Waals surface area contributed by atoms with Crippen LogP contribution in [0.15, 0.2) is 30.5 Å². The molecule has 0 atom stereocenters. The number of carbonyl (C=O) groups is 2. The van der Waals surface area contributed by atoms with Crippen molar-refractivity contribution in [1.82, 2.24) is 15.3 Å². The number of benzene rings is 1. The Bertz CT molecular complexity index is 1100. The topological polar surface area (TPSA) is 99.8 Å². The Morgan fingerprint density at radius 2 is 1.86 bits per heavy atom. The Morgan fingerprint density at radius 1 is 1.17 bits per heavy atom. The summed E-state index contributed by atoms with van der Waals surface area (Å²) in [5.41, 5.74) is 3.20. The number of urea groups is 1. The number of aromatic nitrogens is 2. The lowest BCUT2D eigenvalue weighted by atomic mass is 10.1. The van der Waals surface area contributed by atoms with Crippen molar-refractivity contribution >= 4 is 34.3 Å². The molecule has 0 radical (unpaired) electrons. The van der Waals surface area contributed by atoms with E-state index < -0.39 is 0 Å². The second-order valence-electron chi connectivity index (χ2n) is 6.66. The van der Waals surface area contributed by atoms with Crippen LogP contribution in [0.1, 0.15) is 16.1 Å². The van der Waals surface area contributed by atoms with Crippen LogP contribution in [0.4, 0.5) is 16.2 Å². The molecule has 1 aliphatic rings. The van der Waals surface area contributed by atoms with Gasteiger partial charge in [-0.25, -0.2) is 9.78 Å². The number of hydrogen-bond acceptors (Lipinski definition) is 5. The van der Waals surface area contributed by atoms with Gasteiger partial charge in [0.05, 0.1) is 32.1 Å². The first-order valence-electron chi connectivity index (χ1n) is 8.97. The number of amides is 3. The minimum atomic E-state index is -0.244. The molecule has 3 heterocycles. The SMILES string of the molecule is CNC(=O)c1cc2c3c(cnc2[nH]1)CN(c1cc(OC)cc(OC)c1)C(=O)N3C. The fourth-order valence-corrected chi connectivity index (χ4v) is 3.54. The molecule has 4 rings (SSSR count). The summed E-state index contributed by atoms with van der Waals surface area (Å²) in [5.74, 6) is 0.941. The lowest BCUT2D eigenvalue weighted by Gasteiger charge is -2.35. The van der Waals surface area contributed by atoms with E-state index in [1.54, 1.807) is 68.6 Å². The Kier molecular flexibility index (Phi) is 4.50. The normalized spacial score (nSPS) is 13.4. The zero-order valence-electron chi connectivity index (χ0n) is 16.6. The number of hydrogen-bond donors (Lipinski definition) is 2. The molecular weight excluding hydrogens is 374 g/mol. The summed E-state index contributed by atoms with van der Waals surface area (Å²) in [6, 6.07) is 6.83. The number of anilines is 2. The molecule has 150 valence electrons. The third-order valence-corrected chi connectivity index (χ3v) is 5.01. The number of rotatable bonds is 4. The van der Waals surface area contributed by atoms with Crippen molar-refractivity contribution in [3.63, 3.8) is 0 Å². The molecule has 1 aromatic carbocycles. The standard InChI is InChI=1S/C20H21N5O4/c1-21-19(26)16-8-15-17-11(9-22-18(15)23-16)10-25(20(27)24(17)2)12-5-13(28-3)7-14(6-12)29-4/h5-9H,10H2,1-4H3,(H,21,26)(H,22,23). The van der Waals surface area contributed by atoms with Gasteiger partial charge in [0, 0.05) is 49.4 Å². The molecule has 2 aromatic heterocycles. The number of fused-ring (bicyclic) bond motifs is 3. The molecule has 9 nitrogen and oxygen atoms in total. The number of aromatic amines is 1. The molecule has 3 aromatic rings. The van der Waals surface area contributed by atoms with Gasteiger partial charge in [-0.05, 0) is 6.07 Å². The highest BCUT2D eigenvalue weighted by Crippen LogP contribution is 2.38. The monoisotopic (exact) mass is 395 g/mol. The van der Waals surface area contributed by atoms with E-state index in [9.17, 15) is 9.59 Å². The van der Waals surface area contributed by atoms with Crippen molar-refractivity contribution in [1.29, 1.82) is 0 Å². The van der Waals surface area contributed by atoms with Crippen LogP contribution < -0.4 is 24.6 Å². The van der Waals surface area contributed by atoms with Gasteiger partial charge in [-0.1, -0.05) is 0 Å². The van der Waals surface area contributed by atoms with Crippen molar-refractivity contribution in [2.45, 2.75) is 6.54 Å². The zero-order valence-corrected chi connectivity index (χ0v) is 16.6. The molecule has 0 fully saturated rings. The largest absolute Gasteiger partial charge is 0.497 e. The number of carbonyl (C=O) groups excluding carboxylic acids is 2. The highest BCUT2D eigenvalue weighted by molar-refractivity contribution is 6.12. The van der Waals surface area contributed by atoms with Crippen LogP contribution in [-0.4, -0.2) is 50.2 Å². The molecule has 2 N–H and O–H groups in total. The van der Waals surface area contributed by atoms with E-state index >= 15 is 0 Å². The molecule has 3 amide bonds. The fourth-order valence-electron chi connectivity index (χ4n) is 3.54. The first kappa shape index (κ1) is 18.6. The Balaban J connectivity index is 1.80. The summed E-state index contributed by atoms with van der Waals surface area (Å²) in [7, 11) is 6.40. The Hall–Kier alpha value is -3.75. The number of ether oxygens (including phenoxy) is 2. The third kappa shape index (κ3) is 3.00. The summed E-state index contributed by atoms with van der Waals surface area (Å²) in [4.78, 5) is 35.8. The van der Waals surface area contributed by atoms with Gasteiger partial charge in [-0.2, -0.15) is 0 Å². The van der Waals surface area contributed by atoms with Crippen LogP contribution in [0.2, 0.25) is 0 Å². The third-order valence-electron chi connectivity index (χ3n) is 5.01. The minimum absolute atomic E-state index is 0.206. The quantitative estimate of drug-likeness (QED) is 0.707. The predicted molar refractivity (Wildman–Crippen MR) is 109 cm³/mol. The highest BCUT2D eigenvalue weighted by atomic mass is 16.5. The molecule has 29 heavy (non-hydrogen) atoms. The second-order valence-corrected chi connectivity index (χ2v) is 6.66. The fraction of sp³-hybridized carbons (Fsp3) is 0.250. The Morgan fingerprint density at radius 3 is 2.48 bits per heavy atom. The summed E-state index contributed by atoms with van der Waals surface area (Å²) in [6.45, 7) is 0.332. The highest BCUT2D eigenvalue weighted by Gasteiger charge is 2.32. The average molecular weight is 395 g/mol. The van der Waals surface area contributed by atoms with Crippen molar-refractivity contribution in [2.75, 3.05) is 38.1 Å². The van der Waals surface area contributed by atoms with Crippen molar-refractivity contribution in [3.8, 4) is 11.5 Å². The number of methoxy groups -OCH3 is 2. The van der Waals surface area contributed by atoms with E-state index in [4.69, 9.17) is 9.47 Å². The van der Waals surface area contributed by atoms with Crippen LogP contribution in [-0.2, 0) is 6.54 Å². The number of nitrogens with zero attached hydrogens (tertiary/aromatic N) is 3. The maximum atomic E-state index is 13.2. The van der Waals surface area contributed by atoms with E-state index in [1.165, 1.54) is 0 Å². The lowest BCUT2D eigenvalue weighted by molar-refractivity contribution is 0.0959. The molecular formula is C20H21N5O4. The first-order chi connectivity index (χ1) is 14.0. The molecule has 0 unspecified atom stereocenters. The second kappa shape index (κ2) is 7.01. The van der Waals surface area contributed by atoms with Gasteiger partial charge in [0.15, 0.2) is 0 Å². The molecule has 0 saturated heterocycles. The van der Waals surface area contributed by atoms with Gasteiger partial charge in [0.25, 0.3) is 5.91 Å². The Labute approximate surface area is 167 Å². The molecule has 0 bridgehead atoms. The number of pyridine rings is 1. The average Bonchev–Trinajstić information content (AvgIpc) is 3.19. The molecule has 1 aliphatic heterocycles. The van der Waals surface area contributed by atoms with Gasteiger partial charge in [0.2, 0.25) is 0 Å². The summed E-state index contributed by atoms with van der Waals surface area (Å²) >= 11 is 0. The number of nitrogens with one attached hydrogen (secondary N) is 2. The van der Waals surface area contributed by atoms with Crippen LogP contribution >= 0.6 is 0 Å². The summed E-state index contributed by atoms with van der Waals surface area (Å²) in [6.07, 6.45) is 1.72. The zero-order chi connectivity index (χ0) is 20.7. The molecule has 0 saturated carbocycles. The smallest absolute Gasteiger partial charge is 0.329 e. The van der Waals surface area contributed by atoms with Gasteiger partial charge in [-0.15, -0.1) is 0 Å². The van der Waals surface area contributed by atoms with Gasteiger partial charge in [0.1, 0.15) is 22.8 Å². The minimum Gasteiger partial charge on any atom is -0.497 e. The maximum Gasteiger partial charge on any atom is 0.329 e. The van der Waals surface area contributed by atoms with Crippen LogP contribution in [0.25, 0.3) is 11.0 Å². The van der Waals surface area contributed by atoms with Crippen molar-refractivity contribution in [3.05, 3.63) is 41.7 Å². The van der Waals surface area contributed by atoms with E-state index in [0.29, 0.717) is 35.1 Å². The first-order valence-corrected chi connectivity index (χ1v) is 8.97. The van der Waals surface area contributed by atoms with Crippen LogP contribution in [0.3, 0.4) is 0 Å². The van der Waals surface area contributed by atoms with E-state index in [1.807, 2.05) is 0 Å². The van der Waals surface area contributed by atoms with Crippen LogP contribution in [0, 0.1) is 0 Å². The maximum absolute atomic E-state index is 13.2. The van der Waals surface area contributed by atoms with Crippen LogP contribution in [0.5, 0.6) is 11.5 Å². The summed E-state index contributed by atoms with van der Waals surface area (Å²) in [5, 5.41) is 3.30. The van der Waals surface area contributed by atoms with E-state index in [0.717, 1.165) is 16.6 Å². The molecule has 0 spiro atoms. The summed E-state index contributed by atoms with van der Waals surface area (Å²) < 4.78 is 10.7.